The number of carboxylic acid groups (broad SMARTS) is 1. The number of likely N-dealkylation sites (tertiary alicyclic amines) is 1. The molecule has 1 aliphatic carbocycles. The predicted molar refractivity (Wildman–Crippen MR) is 81.8 cm³/mol. The zero-order valence-electron chi connectivity index (χ0n) is 13.0. The summed E-state index contributed by atoms with van der Waals surface area (Å²) in [6, 6.07) is 0.669. The SMILES string of the molecule is CCCCCC1CCN(C2CCC(C(=O)O)CC2)CC1. The van der Waals surface area contributed by atoms with Gasteiger partial charge in [-0.25, -0.2) is 0 Å². The second-order valence-corrected chi connectivity index (χ2v) is 6.82. The van der Waals surface area contributed by atoms with Crippen molar-refractivity contribution in [2.75, 3.05) is 13.1 Å². The van der Waals surface area contributed by atoms with Crippen LogP contribution in [0.2, 0.25) is 0 Å². The van der Waals surface area contributed by atoms with Gasteiger partial charge in [-0.15, -0.1) is 0 Å². The van der Waals surface area contributed by atoms with E-state index < -0.39 is 5.97 Å². The molecule has 0 amide bonds. The summed E-state index contributed by atoms with van der Waals surface area (Å²) in [5.74, 6) is 0.295. The van der Waals surface area contributed by atoms with Crippen molar-refractivity contribution in [3.8, 4) is 0 Å². The molecular weight excluding hydrogens is 250 g/mol. The number of hydrogen-bond acceptors (Lipinski definition) is 2. The largest absolute Gasteiger partial charge is 0.481 e. The molecule has 1 saturated carbocycles. The molecule has 0 radical (unpaired) electrons. The van der Waals surface area contributed by atoms with Gasteiger partial charge in [0.15, 0.2) is 0 Å². The van der Waals surface area contributed by atoms with Crippen molar-refractivity contribution in [1.29, 1.82) is 0 Å². The summed E-state index contributed by atoms with van der Waals surface area (Å²) in [5.41, 5.74) is 0. The summed E-state index contributed by atoms with van der Waals surface area (Å²) in [6.45, 7) is 4.77. The van der Waals surface area contributed by atoms with Crippen LogP contribution in [0.4, 0.5) is 0 Å². The van der Waals surface area contributed by atoms with Crippen LogP contribution in [0, 0.1) is 11.8 Å². The van der Waals surface area contributed by atoms with Gasteiger partial charge in [0.25, 0.3) is 0 Å². The van der Waals surface area contributed by atoms with Crippen LogP contribution >= 0.6 is 0 Å². The number of carboxylic acids is 1. The summed E-state index contributed by atoms with van der Waals surface area (Å²) in [5, 5.41) is 9.06. The lowest BCUT2D eigenvalue weighted by Gasteiger charge is -2.40. The minimum Gasteiger partial charge on any atom is -0.481 e. The van der Waals surface area contributed by atoms with Crippen molar-refractivity contribution in [2.24, 2.45) is 11.8 Å². The highest BCUT2D eigenvalue weighted by Gasteiger charge is 2.31. The first-order chi connectivity index (χ1) is 9.70. The molecule has 0 spiro atoms. The second-order valence-electron chi connectivity index (χ2n) is 6.82. The average molecular weight is 281 g/mol. The molecule has 0 atom stereocenters. The lowest BCUT2D eigenvalue weighted by atomic mass is 9.83. The summed E-state index contributed by atoms with van der Waals surface area (Å²) in [6.07, 6.45) is 12.2. The van der Waals surface area contributed by atoms with Gasteiger partial charge in [-0.05, 0) is 57.5 Å². The van der Waals surface area contributed by atoms with Crippen molar-refractivity contribution < 1.29 is 9.90 Å². The Morgan fingerprint density at radius 1 is 1.05 bits per heavy atom. The Bertz CT molecular complexity index is 289. The first-order valence-corrected chi connectivity index (χ1v) is 8.67. The molecule has 0 aromatic carbocycles. The Balaban J connectivity index is 1.65. The molecule has 1 aliphatic heterocycles. The summed E-state index contributed by atoms with van der Waals surface area (Å²) in [4.78, 5) is 13.6. The minimum atomic E-state index is -0.585. The van der Waals surface area contributed by atoms with Crippen LogP contribution in [0.1, 0.15) is 71.1 Å². The van der Waals surface area contributed by atoms with Crippen LogP contribution in [0.5, 0.6) is 0 Å². The van der Waals surface area contributed by atoms with E-state index >= 15 is 0 Å². The highest BCUT2D eigenvalue weighted by atomic mass is 16.4. The van der Waals surface area contributed by atoms with Gasteiger partial charge >= 0.3 is 5.97 Å². The van der Waals surface area contributed by atoms with Gasteiger partial charge in [0.1, 0.15) is 0 Å². The first kappa shape index (κ1) is 15.8. The van der Waals surface area contributed by atoms with Gasteiger partial charge < -0.3 is 10.0 Å². The third kappa shape index (κ3) is 4.47. The number of piperidine rings is 1. The van der Waals surface area contributed by atoms with Crippen LogP contribution in [-0.2, 0) is 4.79 Å². The predicted octanol–water partition coefficient (Wildman–Crippen LogP) is 3.92. The lowest BCUT2D eigenvalue weighted by Crippen LogP contribution is -2.43. The van der Waals surface area contributed by atoms with Crippen LogP contribution in [-0.4, -0.2) is 35.1 Å². The zero-order chi connectivity index (χ0) is 14.4. The van der Waals surface area contributed by atoms with Crippen LogP contribution < -0.4 is 0 Å². The molecule has 0 bridgehead atoms. The molecule has 0 aromatic rings. The van der Waals surface area contributed by atoms with E-state index in [9.17, 15) is 4.79 Å². The first-order valence-electron chi connectivity index (χ1n) is 8.67. The maximum absolute atomic E-state index is 11.0. The number of nitrogens with zero attached hydrogens (tertiary/aromatic N) is 1. The number of hydrogen-bond donors (Lipinski definition) is 1. The molecule has 3 nitrogen and oxygen atoms in total. The normalized spacial score (nSPS) is 29.4. The molecule has 20 heavy (non-hydrogen) atoms. The third-order valence-electron chi connectivity index (χ3n) is 5.43. The Labute approximate surface area is 123 Å². The quantitative estimate of drug-likeness (QED) is 0.750. The fourth-order valence-electron chi connectivity index (χ4n) is 3.98. The van der Waals surface area contributed by atoms with E-state index in [4.69, 9.17) is 5.11 Å². The van der Waals surface area contributed by atoms with Gasteiger partial charge in [-0.2, -0.15) is 0 Å². The van der Waals surface area contributed by atoms with E-state index in [1.54, 1.807) is 0 Å². The molecule has 0 aromatic heterocycles. The molecule has 3 heteroatoms. The van der Waals surface area contributed by atoms with Crippen molar-refractivity contribution in [1.82, 2.24) is 4.90 Å². The van der Waals surface area contributed by atoms with Crippen molar-refractivity contribution in [3.63, 3.8) is 0 Å². The molecular formula is C17H31NO2. The van der Waals surface area contributed by atoms with Crippen molar-refractivity contribution in [2.45, 2.75) is 77.2 Å². The van der Waals surface area contributed by atoms with Crippen LogP contribution in [0.15, 0.2) is 0 Å². The number of aliphatic carboxylic acids is 1. The van der Waals surface area contributed by atoms with E-state index in [-0.39, 0.29) is 5.92 Å². The minimum absolute atomic E-state index is 0.0715. The highest BCUT2D eigenvalue weighted by molar-refractivity contribution is 5.70. The van der Waals surface area contributed by atoms with Crippen molar-refractivity contribution in [3.05, 3.63) is 0 Å². The Morgan fingerprint density at radius 2 is 1.70 bits per heavy atom. The number of unbranched alkanes of at least 4 members (excludes halogenated alkanes) is 2. The standard InChI is InChI=1S/C17H31NO2/c1-2-3-4-5-14-10-12-18(13-11-14)16-8-6-15(7-9-16)17(19)20/h14-16H,2-13H2,1H3,(H,19,20). The third-order valence-corrected chi connectivity index (χ3v) is 5.43. The Kier molecular flexibility index (Phi) is 6.34. The maximum atomic E-state index is 11.0. The Hall–Kier alpha value is -0.570. The van der Waals surface area contributed by atoms with E-state index in [1.807, 2.05) is 0 Å². The van der Waals surface area contributed by atoms with E-state index in [2.05, 4.69) is 11.8 Å². The van der Waals surface area contributed by atoms with Gasteiger partial charge in [0.2, 0.25) is 0 Å². The number of rotatable bonds is 6. The van der Waals surface area contributed by atoms with Gasteiger partial charge in [0.05, 0.1) is 5.92 Å². The van der Waals surface area contributed by atoms with E-state index in [0.717, 1.165) is 31.6 Å². The van der Waals surface area contributed by atoms with Crippen LogP contribution in [0.25, 0.3) is 0 Å². The molecule has 2 rings (SSSR count). The maximum Gasteiger partial charge on any atom is 0.306 e. The lowest BCUT2D eigenvalue weighted by molar-refractivity contribution is -0.143. The van der Waals surface area contributed by atoms with Gasteiger partial charge in [-0.1, -0.05) is 32.6 Å². The molecule has 1 saturated heterocycles. The monoisotopic (exact) mass is 281 g/mol. The molecule has 1 heterocycles. The highest BCUT2D eigenvalue weighted by Crippen LogP contribution is 2.31. The zero-order valence-corrected chi connectivity index (χ0v) is 13.0. The molecule has 116 valence electrons. The Morgan fingerprint density at radius 3 is 2.25 bits per heavy atom. The molecule has 2 aliphatic rings. The fraction of sp³-hybridized carbons (Fsp3) is 0.941. The molecule has 0 unspecified atom stereocenters. The fourth-order valence-corrected chi connectivity index (χ4v) is 3.98. The smallest absolute Gasteiger partial charge is 0.306 e. The van der Waals surface area contributed by atoms with Crippen LogP contribution in [0.3, 0.4) is 0 Å². The van der Waals surface area contributed by atoms with Gasteiger partial charge in [0, 0.05) is 6.04 Å². The summed E-state index contributed by atoms with van der Waals surface area (Å²) >= 11 is 0. The molecule has 2 fully saturated rings. The molecule has 1 N–H and O–H groups in total. The van der Waals surface area contributed by atoms with E-state index in [1.165, 1.54) is 51.6 Å². The topological polar surface area (TPSA) is 40.5 Å². The van der Waals surface area contributed by atoms with E-state index in [0.29, 0.717) is 6.04 Å². The average Bonchev–Trinajstić information content (AvgIpc) is 2.48. The number of carbonyl (C=O) groups is 1. The van der Waals surface area contributed by atoms with Crippen molar-refractivity contribution >= 4 is 5.97 Å². The second kappa shape index (κ2) is 8.02. The summed E-state index contributed by atoms with van der Waals surface area (Å²) < 4.78 is 0. The summed E-state index contributed by atoms with van der Waals surface area (Å²) in [7, 11) is 0. The van der Waals surface area contributed by atoms with Gasteiger partial charge in [-0.3, -0.25) is 4.79 Å².